The number of carbonyl (C=O) groups excluding carboxylic acids is 4. The number of rotatable bonds is 7. The van der Waals surface area contributed by atoms with Crippen LogP contribution in [-0.4, -0.2) is 48.9 Å². The van der Waals surface area contributed by atoms with Crippen LogP contribution in [0.2, 0.25) is 0 Å². The third-order valence-electron chi connectivity index (χ3n) is 2.58. The first kappa shape index (κ1) is 18.1. The molecule has 0 aromatic carbocycles. The quantitative estimate of drug-likeness (QED) is 0.627. The summed E-state index contributed by atoms with van der Waals surface area (Å²) in [5, 5.41) is 4.67. The van der Waals surface area contributed by atoms with E-state index in [2.05, 4.69) is 20.4 Å². The second-order valence-electron chi connectivity index (χ2n) is 4.35. The topological polar surface area (TPSA) is 124 Å². The Kier molecular flexibility index (Phi) is 7.18. The van der Waals surface area contributed by atoms with Crippen LogP contribution in [0.3, 0.4) is 0 Å². The van der Waals surface area contributed by atoms with Gasteiger partial charge in [-0.3, -0.25) is 24.2 Å². The van der Waals surface area contributed by atoms with Crippen molar-refractivity contribution in [1.82, 2.24) is 15.6 Å². The molecule has 1 rings (SSSR count). The summed E-state index contributed by atoms with van der Waals surface area (Å²) < 4.78 is 9.13. The van der Waals surface area contributed by atoms with E-state index in [9.17, 15) is 19.2 Å². The van der Waals surface area contributed by atoms with Gasteiger partial charge in [0.05, 0.1) is 24.9 Å². The minimum Gasteiger partial charge on any atom is -0.468 e. The molecule has 1 aromatic rings. The number of methoxy groups -OCH3 is 1. The molecule has 23 heavy (non-hydrogen) atoms. The fraction of sp³-hybridized carbons (Fsp3) is 0.357. The summed E-state index contributed by atoms with van der Waals surface area (Å²) >= 11 is 0. The molecule has 0 unspecified atom stereocenters. The molecule has 0 radical (unpaired) electrons. The molecule has 0 aliphatic rings. The number of pyridine rings is 1. The van der Waals surface area contributed by atoms with Crippen LogP contribution in [0.1, 0.15) is 23.0 Å². The van der Waals surface area contributed by atoms with Crippen molar-refractivity contribution in [3.8, 4) is 0 Å². The van der Waals surface area contributed by atoms with Crippen LogP contribution < -0.4 is 10.6 Å². The summed E-state index contributed by atoms with van der Waals surface area (Å²) in [6.07, 6.45) is 1.31. The molecule has 0 aliphatic carbocycles. The van der Waals surface area contributed by atoms with E-state index in [1.54, 1.807) is 0 Å². The normalized spacial score (nSPS) is 9.65. The molecular formula is C14H17N3O6. The SMILES string of the molecule is COC(=O)CNC(=O)CNC(=O)c1ccc(COC(C)=O)nc1. The van der Waals surface area contributed by atoms with Crippen LogP contribution in [-0.2, 0) is 30.5 Å². The number of hydrogen-bond donors (Lipinski definition) is 2. The van der Waals surface area contributed by atoms with Gasteiger partial charge in [0.25, 0.3) is 5.91 Å². The number of aromatic nitrogens is 1. The Bertz CT molecular complexity index is 585. The largest absolute Gasteiger partial charge is 0.468 e. The molecule has 0 spiro atoms. The van der Waals surface area contributed by atoms with Crippen molar-refractivity contribution in [3.63, 3.8) is 0 Å². The smallest absolute Gasteiger partial charge is 0.325 e. The lowest BCUT2D eigenvalue weighted by Gasteiger charge is -2.07. The number of carbonyl (C=O) groups is 4. The molecule has 9 heteroatoms. The molecule has 0 saturated heterocycles. The highest BCUT2D eigenvalue weighted by molar-refractivity contribution is 5.96. The van der Waals surface area contributed by atoms with E-state index >= 15 is 0 Å². The number of esters is 2. The van der Waals surface area contributed by atoms with Gasteiger partial charge >= 0.3 is 11.9 Å². The van der Waals surface area contributed by atoms with E-state index in [0.29, 0.717) is 5.69 Å². The summed E-state index contributed by atoms with van der Waals surface area (Å²) in [6.45, 7) is 0.753. The summed E-state index contributed by atoms with van der Waals surface area (Å²) in [5.41, 5.74) is 0.741. The molecule has 1 aromatic heterocycles. The Balaban J connectivity index is 2.41. The fourth-order valence-electron chi connectivity index (χ4n) is 1.39. The Hall–Kier alpha value is -2.97. The van der Waals surface area contributed by atoms with Crippen molar-refractivity contribution in [2.24, 2.45) is 0 Å². The average Bonchev–Trinajstić information content (AvgIpc) is 2.55. The van der Waals surface area contributed by atoms with Gasteiger partial charge in [-0.2, -0.15) is 0 Å². The highest BCUT2D eigenvalue weighted by Crippen LogP contribution is 2.02. The minimum atomic E-state index is -0.586. The predicted molar refractivity (Wildman–Crippen MR) is 77.1 cm³/mol. The first-order chi connectivity index (χ1) is 10.9. The molecule has 0 saturated carbocycles. The maximum Gasteiger partial charge on any atom is 0.325 e. The third kappa shape index (κ3) is 7.02. The fourth-order valence-corrected chi connectivity index (χ4v) is 1.39. The van der Waals surface area contributed by atoms with Crippen LogP contribution in [0.25, 0.3) is 0 Å². The maximum atomic E-state index is 11.8. The average molecular weight is 323 g/mol. The summed E-state index contributed by atoms with van der Waals surface area (Å²) in [7, 11) is 1.20. The van der Waals surface area contributed by atoms with Crippen molar-refractivity contribution < 1.29 is 28.7 Å². The van der Waals surface area contributed by atoms with Crippen LogP contribution >= 0.6 is 0 Å². The summed E-state index contributed by atoms with van der Waals surface area (Å²) in [4.78, 5) is 48.7. The summed E-state index contributed by atoms with van der Waals surface area (Å²) in [6, 6.07) is 3.03. The van der Waals surface area contributed by atoms with E-state index in [4.69, 9.17) is 4.74 Å². The van der Waals surface area contributed by atoms with Gasteiger partial charge in [-0.15, -0.1) is 0 Å². The van der Waals surface area contributed by atoms with Crippen molar-refractivity contribution >= 4 is 23.8 Å². The zero-order valence-electron chi connectivity index (χ0n) is 12.8. The van der Waals surface area contributed by atoms with E-state index in [1.807, 2.05) is 0 Å². The minimum absolute atomic E-state index is 0.0210. The van der Waals surface area contributed by atoms with Gasteiger partial charge in [-0.1, -0.05) is 0 Å². The first-order valence-electron chi connectivity index (χ1n) is 6.62. The van der Waals surface area contributed by atoms with Gasteiger partial charge in [-0.05, 0) is 12.1 Å². The van der Waals surface area contributed by atoms with E-state index < -0.39 is 23.8 Å². The van der Waals surface area contributed by atoms with Gasteiger partial charge in [-0.25, -0.2) is 0 Å². The van der Waals surface area contributed by atoms with Gasteiger partial charge in [0.2, 0.25) is 5.91 Å². The Morgan fingerprint density at radius 2 is 1.87 bits per heavy atom. The van der Waals surface area contributed by atoms with Gasteiger partial charge in [0, 0.05) is 13.1 Å². The van der Waals surface area contributed by atoms with Crippen molar-refractivity contribution in [2.45, 2.75) is 13.5 Å². The molecule has 0 fully saturated rings. The maximum absolute atomic E-state index is 11.8. The van der Waals surface area contributed by atoms with Gasteiger partial charge < -0.3 is 20.1 Å². The van der Waals surface area contributed by atoms with Crippen molar-refractivity contribution in [1.29, 1.82) is 0 Å². The summed E-state index contributed by atoms with van der Waals surface area (Å²) in [5.74, 6) is -2.03. The molecule has 2 amide bonds. The van der Waals surface area contributed by atoms with E-state index in [1.165, 1.54) is 32.4 Å². The van der Waals surface area contributed by atoms with Gasteiger partial charge in [0.15, 0.2) is 0 Å². The van der Waals surface area contributed by atoms with Crippen molar-refractivity contribution in [3.05, 3.63) is 29.6 Å². The molecule has 124 valence electrons. The van der Waals surface area contributed by atoms with Crippen LogP contribution in [0.4, 0.5) is 0 Å². The molecule has 2 N–H and O–H groups in total. The Morgan fingerprint density at radius 1 is 1.13 bits per heavy atom. The Morgan fingerprint density at radius 3 is 2.43 bits per heavy atom. The molecule has 0 aliphatic heterocycles. The predicted octanol–water partition coefficient (Wildman–Crippen LogP) is -0.836. The lowest BCUT2D eigenvalue weighted by Crippen LogP contribution is -2.39. The molecule has 1 heterocycles. The van der Waals surface area contributed by atoms with Crippen LogP contribution in [0.5, 0.6) is 0 Å². The second kappa shape index (κ2) is 9.13. The standard InChI is InChI=1S/C14H17N3O6/c1-9(18)23-8-11-4-3-10(5-15-11)14(21)17-6-12(19)16-7-13(20)22-2/h3-5H,6-8H2,1-2H3,(H,16,19)(H,17,21). The zero-order chi connectivity index (χ0) is 17.2. The van der Waals surface area contributed by atoms with Crippen LogP contribution in [0.15, 0.2) is 18.3 Å². The third-order valence-corrected chi connectivity index (χ3v) is 2.58. The number of nitrogens with zero attached hydrogens (tertiary/aromatic N) is 1. The lowest BCUT2D eigenvalue weighted by molar-refractivity contribution is -0.142. The molecule has 0 atom stereocenters. The molecular weight excluding hydrogens is 306 g/mol. The number of hydrogen-bond acceptors (Lipinski definition) is 7. The highest BCUT2D eigenvalue weighted by atomic mass is 16.5. The molecule has 9 nitrogen and oxygen atoms in total. The molecule has 0 bridgehead atoms. The first-order valence-corrected chi connectivity index (χ1v) is 6.62. The zero-order valence-corrected chi connectivity index (χ0v) is 12.8. The van der Waals surface area contributed by atoms with Crippen molar-refractivity contribution in [2.75, 3.05) is 20.2 Å². The van der Waals surface area contributed by atoms with E-state index in [0.717, 1.165) is 0 Å². The van der Waals surface area contributed by atoms with E-state index in [-0.39, 0.29) is 25.3 Å². The number of nitrogens with one attached hydrogen (secondary N) is 2. The second-order valence-corrected chi connectivity index (χ2v) is 4.35. The monoisotopic (exact) mass is 323 g/mol. The number of amides is 2. The van der Waals surface area contributed by atoms with Gasteiger partial charge in [0.1, 0.15) is 13.2 Å². The number of ether oxygens (including phenoxy) is 2. The van der Waals surface area contributed by atoms with Crippen LogP contribution in [0, 0.1) is 0 Å². The Labute approximate surface area is 132 Å². The highest BCUT2D eigenvalue weighted by Gasteiger charge is 2.10. The lowest BCUT2D eigenvalue weighted by atomic mass is 10.2.